The lowest BCUT2D eigenvalue weighted by Gasteiger charge is -2.06. The van der Waals surface area contributed by atoms with Crippen molar-refractivity contribution in [3.63, 3.8) is 0 Å². The molecule has 0 saturated carbocycles. The predicted molar refractivity (Wildman–Crippen MR) is 82.6 cm³/mol. The minimum Gasteiger partial charge on any atom is -0.383 e. The number of ether oxygens (including phenoxy) is 1. The van der Waals surface area contributed by atoms with Gasteiger partial charge in [-0.05, 0) is 17.7 Å². The van der Waals surface area contributed by atoms with Crippen molar-refractivity contribution in [1.82, 2.24) is 10.6 Å². The van der Waals surface area contributed by atoms with Gasteiger partial charge in [0.05, 0.1) is 18.9 Å². The molecular formula is C15H20N2O2S. The van der Waals surface area contributed by atoms with Gasteiger partial charge >= 0.3 is 0 Å². The van der Waals surface area contributed by atoms with Crippen molar-refractivity contribution in [1.29, 1.82) is 0 Å². The van der Waals surface area contributed by atoms with E-state index in [1.165, 1.54) is 17.3 Å². The molecule has 0 radical (unpaired) electrons. The number of terminal acetylenes is 1. The molecule has 0 aliphatic carbocycles. The van der Waals surface area contributed by atoms with Crippen molar-refractivity contribution >= 4 is 17.7 Å². The van der Waals surface area contributed by atoms with Crippen molar-refractivity contribution in [2.45, 2.75) is 11.4 Å². The van der Waals surface area contributed by atoms with Crippen LogP contribution in [0.1, 0.15) is 5.56 Å². The molecule has 0 bridgehead atoms. The molecule has 0 aliphatic rings. The van der Waals surface area contributed by atoms with Gasteiger partial charge in [0, 0.05) is 25.1 Å². The van der Waals surface area contributed by atoms with Gasteiger partial charge in [0.15, 0.2) is 0 Å². The zero-order valence-electron chi connectivity index (χ0n) is 11.6. The Morgan fingerprint density at radius 2 is 2.15 bits per heavy atom. The molecular weight excluding hydrogens is 272 g/mol. The third kappa shape index (κ3) is 7.19. The fraction of sp³-hybridized carbons (Fsp3) is 0.400. The number of hydrogen-bond donors (Lipinski definition) is 2. The van der Waals surface area contributed by atoms with E-state index >= 15 is 0 Å². The van der Waals surface area contributed by atoms with Gasteiger partial charge in [0.2, 0.25) is 5.91 Å². The third-order valence-electron chi connectivity index (χ3n) is 2.49. The minimum absolute atomic E-state index is 0.0433. The first-order valence-corrected chi connectivity index (χ1v) is 7.36. The maximum Gasteiger partial charge on any atom is 0.231 e. The van der Waals surface area contributed by atoms with E-state index in [4.69, 9.17) is 11.2 Å². The van der Waals surface area contributed by atoms with Crippen LogP contribution in [0.4, 0.5) is 0 Å². The number of methoxy groups -OCH3 is 1. The van der Waals surface area contributed by atoms with Crippen molar-refractivity contribution < 1.29 is 9.53 Å². The van der Waals surface area contributed by atoms with Gasteiger partial charge in [-0.15, -0.1) is 18.2 Å². The largest absolute Gasteiger partial charge is 0.383 e. The summed E-state index contributed by atoms with van der Waals surface area (Å²) in [5.41, 5.74) is 1.21. The molecule has 1 aromatic carbocycles. The van der Waals surface area contributed by atoms with Crippen LogP contribution in [-0.2, 0) is 16.1 Å². The number of benzene rings is 1. The van der Waals surface area contributed by atoms with Crippen molar-refractivity contribution in [2.75, 3.05) is 32.6 Å². The fourth-order valence-electron chi connectivity index (χ4n) is 1.46. The van der Waals surface area contributed by atoms with E-state index in [1.54, 1.807) is 7.11 Å². The second-order valence-corrected chi connectivity index (χ2v) is 5.13. The molecule has 0 saturated heterocycles. The lowest BCUT2D eigenvalue weighted by molar-refractivity contribution is -0.118. The van der Waals surface area contributed by atoms with Crippen LogP contribution in [0, 0.1) is 12.3 Å². The summed E-state index contributed by atoms with van der Waals surface area (Å²) in [6.45, 7) is 2.64. The summed E-state index contributed by atoms with van der Waals surface area (Å²) in [5, 5.41) is 5.92. The Balaban J connectivity index is 2.28. The summed E-state index contributed by atoms with van der Waals surface area (Å²) >= 11 is 1.50. The molecule has 0 atom stereocenters. The van der Waals surface area contributed by atoms with E-state index in [0.29, 0.717) is 12.4 Å². The summed E-state index contributed by atoms with van der Waals surface area (Å²) in [7, 11) is 1.69. The zero-order valence-corrected chi connectivity index (χ0v) is 12.5. The van der Waals surface area contributed by atoms with Gasteiger partial charge in [-0.1, -0.05) is 18.1 Å². The number of rotatable bonds is 9. The van der Waals surface area contributed by atoms with Crippen LogP contribution in [-0.4, -0.2) is 38.5 Å². The quantitative estimate of drug-likeness (QED) is 0.409. The SMILES string of the molecule is C#CCNC(=O)CSc1ccc(CNCCOC)cc1. The van der Waals surface area contributed by atoms with Crippen molar-refractivity contribution in [2.24, 2.45) is 0 Å². The van der Waals surface area contributed by atoms with Crippen LogP contribution in [0.25, 0.3) is 0 Å². The molecule has 4 nitrogen and oxygen atoms in total. The standard InChI is InChI=1S/C15H20N2O2S/c1-3-8-17-15(18)12-20-14-6-4-13(5-7-14)11-16-9-10-19-2/h1,4-7,16H,8-12H2,2H3,(H,17,18). The van der Waals surface area contributed by atoms with Crippen LogP contribution >= 0.6 is 11.8 Å². The number of carbonyl (C=O) groups excluding carboxylic acids is 1. The van der Waals surface area contributed by atoms with Gasteiger partial charge in [0.1, 0.15) is 0 Å². The number of carbonyl (C=O) groups is 1. The van der Waals surface area contributed by atoms with E-state index in [2.05, 4.69) is 28.7 Å². The van der Waals surface area contributed by atoms with Gasteiger partial charge in [0.25, 0.3) is 0 Å². The molecule has 1 rings (SSSR count). The Bertz CT molecular complexity index is 440. The zero-order chi connectivity index (χ0) is 14.6. The summed E-state index contributed by atoms with van der Waals surface area (Å²) in [6.07, 6.45) is 5.07. The van der Waals surface area contributed by atoms with E-state index in [0.717, 1.165) is 18.0 Å². The second kappa shape index (κ2) is 10.3. The highest BCUT2D eigenvalue weighted by Gasteiger charge is 2.01. The molecule has 0 aromatic heterocycles. The summed E-state index contributed by atoms with van der Waals surface area (Å²) < 4.78 is 4.97. The first kappa shape index (κ1) is 16.6. The molecule has 0 fully saturated rings. The molecule has 5 heteroatoms. The number of hydrogen-bond acceptors (Lipinski definition) is 4. The highest BCUT2D eigenvalue weighted by Crippen LogP contribution is 2.18. The first-order valence-electron chi connectivity index (χ1n) is 6.38. The van der Waals surface area contributed by atoms with Crippen LogP contribution in [0.5, 0.6) is 0 Å². The Morgan fingerprint density at radius 3 is 2.80 bits per heavy atom. The summed E-state index contributed by atoms with van der Waals surface area (Å²) in [6, 6.07) is 8.15. The maximum atomic E-state index is 11.4. The van der Waals surface area contributed by atoms with Crippen LogP contribution in [0.2, 0.25) is 0 Å². The normalized spacial score (nSPS) is 10.0. The van der Waals surface area contributed by atoms with Gasteiger partial charge < -0.3 is 15.4 Å². The van der Waals surface area contributed by atoms with Crippen LogP contribution in [0.3, 0.4) is 0 Å². The summed E-state index contributed by atoms with van der Waals surface area (Å²) in [4.78, 5) is 12.5. The van der Waals surface area contributed by atoms with E-state index < -0.39 is 0 Å². The lowest BCUT2D eigenvalue weighted by atomic mass is 10.2. The van der Waals surface area contributed by atoms with E-state index in [-0.39, 0.29) is 12.5 Å². The Labute approximate surface area is 124 Å². The number of nitrogens with one attached hydrogen (secondary N) is 2. The molecule has 2 N–H and O–H groups in total. The molecule has 20 heavy (non-hydrogen) atoms. The lowest BCUT2D eigenvalue weighted by Crippen LogP contribution is -2.25. The first-order chi connectivity index (χ1) is 9.76. The molecule has 0 aliphatic heterocycles. The Kier molecular flexibility index (Phi) is 8.56. The highest BCUT2D eigenvalue weighted by atomic mass is 32.2. The molecule has 1 aromatic rings. The number of thioether (sulfide) groups is 1. The Morgan fingerprint density at radius 1 is 1.40 bits per heavy atom. The van der Waals surface area contributed by atoms with Gasteiger partial charge in [-0.2, -0.15) is 0 Å². The molecule has 0 unspecified atom stereocenters. The van der Waals surface area contributed by atoms with Gasteiger partial charge in [-0.3, -0.25) is 4.79 Å². The molecule has 108 valence electrons. The smallest absolute Gasteiger partial charge is 0.231 e. The Hall–Kier alpha value is -1.48. The fourth-order valence-corrected chi connectivity index (χ4v) is 2.19. The van der Waals surface area contributed by atoms with Crippen LogP contribution in [0.15, 0.2) is 29.2 Å². The van der Waals surface area contributed by atoms with Crippen molar-refractivity contribution in [3.8, 4) is 12.3 Å². The highest BCUT2D eigenvalue weighted by molar-refractivity contribution is 8.00. The van der Waals surface area contributed by atoms with Crippen molar-refractivity contribution in [3.05, 3.63) is 29.8 Å². The molecule has 0 spiro atoms. The van der Waals surface area contributed by atoms with E-state index in [9.17, 15) is 4.79 Å². The topological polar surface area (TPSA) is 50.4 Å². The molecule has 1 amide bonds. The third-order valence-corrected chi connectivity index (χ3v) is 3.51. The van der Waals surface area contributed by atoms with Gasteiger partial charge in [-0.25, -0.2) is 0 Å². The van der Waals surface area contributed by atoms with E-state index in [1.807, 2.05) is 12.1 Å². The average Bonchev–Trinajstić information content (AvgIpc) is 2.48. The van der Waals surface area contributed by atoms with Crippen LogP contribution < -0.4 is 10.6 Å². The predicted octanol–water partition coefficient (Wildman–Crippen LogP) is 1.26. The molecule has 0 heterocycles. The second-order valence-electron chi connectivity index (χ2n) is 4.08. The maximum absolute atomic E-state index is 11.4. The minimum atomic E-state index is -0.0433. The number of amides is 1. The average molecular weight is 292 g/mol. The monoisotopic (exact) mass is 292 g/mol. The summed E-state index contributed by atoms with van der Waals surface area (Å²) in [5.74, 6) is 2.71.